The molecule has 1 saturated carbocycles. The number of rotatable bonds is 5. The topological polar surface area (TPSA) is 94.2 Å². The zero-order chi connectivity index (χ0) is 16.6. The Morgan fingerprint density at radius 1 is 1.52 bits per heavy atom. The molecule has 0 unspecified atom stereocenters. The molecule has 23 heavy (non-hydrogen) atoms. The number of nitrogens with zero attached hydrogens (tertiary/aromatic N) is 4. The molecule has 0 radical (unpaired) electrons. The number of ether oxygens (including phenoxy) is 1. The summed E-state index contributed by atoms with van der Waals surface area (Å²) >= 11 is 0. The lowest BCUT2D eigenvalue weighted by molar-refractivity contribution is -0.126. The van der Waals surface area contributed by atoms with Crippen LogP contribution in [0.2, 0.25) is 0 Å². The average Bonchev–Trinajstić information content (AvgIpc) is 3.07. The number of amides is 1. The molecule has 0 aliphatic heterocycles. The molecular weight excluding hydrogens is 298 g/mol. The molecule has 8 nitrogen and oxygen atoms in total. The van der Waals surface area contributed by atoms with Crippen LogP contribution in [0.5, 0.6) is 5.75 Å². The summed E-state index contributed by atoms with van der Waals surface area (Å²) in [5, 5.41) is 21.2. The first-order chi connectivity index (χ1) is 11.0. The molecule has 3 rings (SSSR count). The van der Waals surface area contributed by atoms with Crippen LogP contribution in [0.4, 0.5) is 0 Å². The van der Waals surface area contributed by atoms with Gasteiger partial charge in [-0.15, -0.1) is 0 Å². The highest BCUT2D eigenvalue weighted by Gasteiger charge is 2.42. The van der Waals surface area contributed by atoms with Gasteiger partial charge < -0.3 is 15.2 Å². The van der Waals surface area contributed by atoms with E-state index in [4.69, 9.17) is 4.74 Å². The van der Waals surface area contributed by atoms with Crippen molar-refractivity contribution in [3.8, 4) is 5.75 Å². The average molecular weight is 319 g/mol. The molecule has 1 amide bonds. The van der Waals surface area contributed by atoms with Gasteiger partial charge in [-0.2, -0.15) is 10.2 Å². The summed E-state index contributed by atoms with van der Waals surface area (Å²) in [6.45, 7) is 3.66. The Kier molecular flexibility index (Phi) is 4.08. The van der Waals surface area contributed by atoms with Crippen molar-refractivity contribution >= 4 is 5.91 Å². The van der Waals surface area contributed by atoms with Crippen LogP contribution in [0, 0.1) is 13.8 Å². The van der Waals surface area contributed by atoms with Crippen LogP contribution in [-0.4, -0.2) is 49.3 Å². The Labute approximate surface area is 134 Å². The van der Waals surface area contributed by atoms with Crippen LogP contribution in [0.1, 0.15) is 23.9 Å². The van der Waals surface area contributed by atoms with E-state index in [1.807, 2.05) is 20.9 Å². The Balaban J connectivity index is 1.56. The number of hydrogen-bond acceptors (Lipinski definition) is 5. The highest BCUT2D eigenvalue weighted by molar-refractivity contribution is 5.78. The molecule has 1 aliphatic rings. The lowest BCUT2D eigenvalue weighted by Crippen LogP contribution is -2.56. The van der Waals surface area contributed by atoms with Crippen molar-refractivity contribution in [1.29, 1.82) is 0 Å². The monoisotopic (exact) mass is 319 g/mol. The van der Waals surface area contributed by atoms with Gasteiger partial charge in [-0.3, -0.25) is 14.2 Å². The minimum Gasteiger partial charge on any atom is -0.480 e. The molecule has 124 valence electrons. The Morgan fingerprint density at radius 2 is 2.30 bits per heavy atom. The van der Waals surface area contributed by atoms with E-state index in [1.54, 1.807) is 27.8 Å². The fourth-order valence-electron chi connectivity index (χ4n) is 2.92. The number of hydrogen-bond donors (Lipinski definition) is 2. The predicted molar refractivity (Wildman–Crippen MR) is 82.0 cm³/mol. The molecule has 8 heteroatoms. The van der Waals surface area contributed by atoms with Crippen molar-refractivity contribution in [2.75, 3.05) is 6.61 Å². The summed E-state index contributed by atoms with van der Waals surface area (Å²) in [6, 6.07) is 1.42. The third-order valence-corrected chi connectivity index (χ3v) is 4.27. The number of carbonyl (C=O) groups excluding carboxylic acids is 1. The SMILES string of the molecule is Cc1nn(C)c(C)c1OCC(=O)N[C@H]1C[C@@H](O)[C@@H]1n1cccn1. The maximum Gasteiger partial charge on any atom is 0.258 e. The van der Waals surface area contributed by atoms with Gasteiger partial charge in [0, 0.05) is 19.4 Å². The number of aliphatic hydroxyl groups is 1. The lowest BCUT2D eigenvalue weighted by atomic mass is 9.83. The van der Waals surface area contributed by atoms with E-state index >= 15 is 0 Å². The molecule has 2 aromatic heterocycles. The second kappa shape index (κ2) is 6.04. The number of aliphatic hydroxyl groups excluding tert-OH is 1. The minimum absolute atomic E-state index is 0.0776. The molecule has 1 fully saturated rings. The standard InChI is InChI=1S/C15H21N5O3/c1-9-15(10(2)19(3)18-9)23-8-13(22)17-11-7-12(21)14(11)20-6-4-5-16-20/h4-6,11-12,14,21H,7-8H2,1-3H3,(H,17,22)/t11-,12+,14+/m0/s1. The van der Waals surface area contributed by atoms with Gasteiger partial charge in [0.15, 0.2) is 12.4 Å². The third-order valence-electron chi connectivity index (χ3n) is 4.27. The summed E-state index contributed by atoms with van der Waals surface area (Å²) in [4.78, 5) is 12.1. The molecule has 2 aromatic rings. The van der Waals surface area contributed by atoms with Crippen molar-refractivity contribution in [2.24, 2.45) is 7.05 Å². The summed E-state index contributed by atoms with van der Waals surface area (Å²) in [5.74, 6) is 0.418. The summed E-state index contributed by atoms with van der Waals surface area (Å²) in [7, 11) is 1.83. The Bertz CT molecular complexity index is 694. The highest BCUT2D eigenvalue weighted by atomic mass is 16.5. The summed E-state index contributed by atoms with van der Waals surface area (Å²) in [5.41, 5.74) is 1.63. The molecule has 0 aromatic carbocycles. The van der Waals surface area contributed by atoms with Crippen molar-refractivity contribution in [3.63, 3.8) is 0 Å². The number of nitrogens with one attached hydrogen (secondary N) is 1. The highest BCUT2D eigenvalue weighted by Crippen LogP contribution is 2.32. The first kappa shape index (κ1) is 15.5. The number of carbonyl (C=O) groups is 1. The van der Waals surface area contributed by atoms with Gasteiger partial charge >= 0.3 is 0 Å². The van der Waals surface area contributed by atoms with Crippen molar-refractivity contribution in [2.45, 2.75) is 38.5 Å². The number of aromatic nitrogens is 4. The Hall–Kier alpha value is -2.35. The van der Waals surface area contributed by atoms with Gasteiger partial charge in [0.05, 0.1) is 23.9 Å². The first-order valence-electron chi connectivity index (χ1n) is 7.57. The molecule has 0 saturated heterocycles. The molecule has 3 atom stereocenters. The van der Waals surface area contributed by atoms with E-state index in [0.29, 0.717) is 12.2 Å². The zero-order valence-electron chi connectivity index (χ0n) is 13.4. The number of aryl methyl sites for hydroxylation is 2. The van der Waals surface area contributed by atoms with Crippen molar-refractivity contribution < 1.29 is 14.6 Å². The molecule has 0 spiro atoms. The van der Waals surface area contributed by atoms with Gasteiger partial charge in [-0.1, -0.05) is 0 Å². The van der Waals surface area contributed by atoms with Gasteiger partial charge in [0.1, 0.15) is 5.69 Å². The molecular formula is C15H21N5O3. The predicted octanol–water partition coefficient (Wildman–Crippen LogP) is 0.103. The second-order valence-electron chi connectivity index (χ2n) is 5.87. The van der Waals surface area contributed by atoms with Gasteiger partial charge in [0.25, 0.3) is 5.91 Å². The third kappa shape index (κ3) is 2.94. The van der Waals surface area contributed by atoms with Crippen LogP contribution in [-0.2, 0) is 11.8 Å². The minimum atomic E-state index is -0.496. The van der Waals surface area contributed by atoms with Crippen LogP contribution in [0.15, 0.2) is 18.5 Å². The summed E-state index contributed by atoms with van der Waals surface area (Å²) in [6.07, 6.45) is 3.46. The van der Waals surface area contributed by atoms with Crippen LogP contribution >= 0.6 is 0 Å². The van der Waals surface area contributed by atoms with Gasteiger partial charge in [-0.05, 0) is 26.3 Å². The van der Waals surface area contributed by atoms with E-state index in [1.165, 1.54) is 0 Å². The lowest BCUT2D eigenvalue weighted by Gasteiger charge is -2.41. The van der Waals surface area contributed by atoms with E-state index in [9.17, 15) is 9.90 Å². The quantitative estimate of drug-likeness (QED) is 0.815. The van der Waals surface area contributed by atoms with Crippen molar-refractivity contribution in [1.82, 2.24) is 24.9 Å². The van der Waals surface area contributed by atoms with Crippen LogP contribution in [0.3, 0.4) is 0 Å². The second-order valence-corrected chi connectivity index (χ2v) is 5.87. The maximum absolute atomic E-state index is 12.1. The fourth-order valence-corrected chi connectivity index (χ4v) is 2.92. The smallest absolute Gasteiger partial charge is 0.258 e. The first-order valence-corrected chi connectivity index (χ1v) is 7.57. The fraction of sp³-hybridized carbons (Fsp3) is 0.533. The normalized spacial score (nSPS) is 23.4. The maximum atomic E-state index is 12.1. The van der Waals surface area contributed by atoms with Crippen molar-refractivity contribution in [3.05, 3.63) is 29.8 Å². The van der Waals surface area contributed by atoms with Crippen LogP contribution in [0.25, 0.3) is 0 Å². The van der Waals surface area contributed by atoms with Gasteiger partial charge in [-0.25, -0.2) is 0 Å². The summed E-state index contributed by atoms with van der Waals surface area (Å²) < 4.78 is 8.99. The van der Waals surface area contributed by atoms with E-state index in [0.717, 1.165) is 11.4 Å². The van der Waals surface area contributed by atoms with Gasteiger partial charge in [0.2, 0.25) is 0 Å². The largest absolute Gasteiger partial charge is 0.480 e. The van der Waals surface area contributed by atoms with Crippen LogP contribution < -0.4 is 10.1 Å². The zero-order valence-corrected chi connectivity index (χ0v) is 13.4. The Morgan fingerprint density at radius 3 is 2.87 bits per heavy atom. The molecule has 1 aliphatic carbocycles. The molecule has 2 heterocycles. The van der Waals surface area contributed by atoms with E-state index in [-0.39, 0.29) is 24.6 Å². The van der Waals surface area contributed by atoms with E-state index in [2.05, 4.69) is 15.5 Å². The molecule has 2 N–H and O–H groups in total. The van der Waals surface area contributed by atoms with E-state index < -0.39 is 6.10 Å². The molecule has 0 bridgehead atoms.